The van der Waals surface area contributed by atoms with Crippen LogP contribution in [0.25, 0.3) is 5.65 Å². The van der Waals surface area contributed by atoms with Crippen molar-refractivity contribution in [2.75, 3.05) is 13.2 Å². The van der Waals surface area contributed by atoms with Gasteiger partial charge < -0.3 is 14.0 Å². The van der Waals surface area contributed by atoms with Gasteiger partial charge in [-0.1, -0.05) is 36.4 Å². The number of nitrogens with zero attached hydrogens (tertiary/aromatic N) is 3. The molecular weight excluding hydrogens is 318 g/mol. The number of carbonyl (C=O) groups excluding carboxylic acids is 2. The lowest BCUT2D eigenvalue weighted by Gasteiger charge is -2.20. The average molecular weight is 337 g/mol. The Kier molecular flexibility index (Phi) is 5.09. The van der Waals surface area contributed by atoms with Crippen molar-refractivity contribution in [1.82, 2.24) is 14.3 Å². The molecule has 0 saturated heterocycles. The zero-order valence-electron chi connectivity index (χ0n) is 14.0. The maximum absolute atomic E-state index is 12.9. The molecule has 3 rings (SSSR count). The topological polar surface area (TPSA) is 63.9 Å². The van der Waals surface area contributed by atoms with Crippen LogP contribution in [0.2, 0.25) is 0 Å². The Hall–Kier alpha value is -3.15. The predicted molar refractivity (Wildman–Crippen MR) is 93.0 cm³/mol. The Morgan fingerprint density at radius 1 is 1.12 bits per heavy atom. The van der Waals surface area contributed by atoms with Crippen molar-refractivity contribution in [3.63, 3.8) is 0 Å². The highest BCUT2D eigenvalue weighted by Gasteiger charge is 2.22. The Labute approximate surface area is 145 Å². The van der Waals surface area contributed by atoms with Crippen LogP contribution in [0.3, 0.4) is 0 Å². The van der Waals surface area contributed by atoms with Crippen molar-refractivity contribution < 1.29 is 14.3 Å². The summed E-state index contributed by atoms with van der Waals surface area (Å²) in [6, 6.07) is 15.1. The van der Waals surface area contributed by atoms with E-state index in [1.807, 2.05) is 54.7 Å². The van der Waals surface area contributed by atoms with Crippen molar-refractivity contribution in [3.8, 4) is 0 Å². The number of esters is 1. The fourth-order valence-electron chi connectivity index (χ4n) is 2.57. The number of carbonyl (C=O) groups is 2. The van der Waals surface area contributed by atoms with Crippen LogP contribution >= 0.6 is 0 Å². The standard InChI is InChI=1S/C19H19N3O3/c1-2-25-18(23)14-22(12-15-8-4-3-5-9-15)19(24)16-13-21-11-7-6-10-17(21)20-16/h3-11,13H,2,12,14H2,1H3. The number of aromatic nitrogens is 2. The van der Waals surface area contributed by atoms with Crippen LogP contribution in [0.5, 0.6) is 0 Å². The number of rotatable bonds is 6. The van der Waals surface area contributed by atoms with E-state index in [-0.39, 0.29) is 19.1 Å². The highest BCUT2D eigenvalue weighted by atomic mass is 16.5. The fourth-order valence-corrected chi connectivity index (χ4v) is 2.57. The van der Waals surface area contributed by atoms with Crippen molar-refractivity contribution in [3.05, 3.63) is 72.2 Å². The molecule has 0 aliphatic heterocycles. The largest absolute Gasteiger partial charge is 0.465 e. The van der Waals surface area contributed by atoms with Gasteiger partial charge in [0.1, 0.15) is 17.9 Å². The molecule has 1 aromatic carbocycles. The van der Waals surface area contributed by atoms with Gasteiger partial charge in [0.15, 0.2) is 0 Å². The van der Waals surface area contributed by atoms with E-state index >= 15 is 0 Å². The Bertz CT molecular complexity index is 841. The lowest BCUT2D eigenvalue weighted by molar-refractivity contribution is -0.143. The summed E-state index contributed by atoms with van der Waals surface area (Å²) in [5, 5.41) is 0. The molecule has 0 saturated carbocycles. The molecule has 3 aromatic rings. The smallest absolute Gasteiger partial charge is 0.325 e. The van der Waals surface area contributed by atoms with Crippen LogP contribution in [-0.2, 0) is 16.1 Å². The van der Waals surface area contributed by atoms with Crippen LogP contribution < -0.4 is 0 Å². The average Bonchev–Trinajstić information content (AvgIpc) is 3.06. The lowest BCUT2D eigenvalue weighted by atomic mass is 10.2. The molecule has 2 aromatic heterocycles. The number of benzene rings is 1. The van der Waals surface area contributed by atoms with Crippen molar-refractivity contribution in [1.29, 1.82) is 0 Å². The molecular formula is C19H19N3O3. The number of fused-ring (bicyclic) bond motifs is 1. The Morgan fingerprint density at radius 3 is 2.60 bits per heavy atom. The van der Waals surface area contributed by atoms with Gasteiger partial charge in [0.05, 0.1) is 6.61 Å². The molecule has 0 spiro atoms. The van der Waals surface area contributed by atoms with Crippen LogP contribution in [0, 0.1) is 0 Å². The maximum Gasteiger partial charge on any atom is 0.325 e. The SMILES string of the molecule is CCOC(=O)CN(Cc1ccccc1)C(=O)c1cn2ccccc2n1. The normalized spacial score (nSPS) is 10.6. The van der Waals surface area contributed by atoms with E-state index in [0.717, 1.165) is 5.56 Å². The lowest BCUT2D eigenvalue weighted by Crippen LogP contribution is -2.36. The van der Waals surface area contributed by atoms with E-state index in [4.69, 9.17) is 4.74 Å². The van der Waals surface area contributed by atoms with Crippen molar-refractivity contribution in [2.24, 2.45) is 0 Å². The van der Waals surface area contributed by atoms with Gasteiger partial charge in [0, 0.05) is 18.9 Å². The van der Waals surface area contributed by atoms with E-state index in [1.165, 1.54) is 4.90 Å². The second kappa shape index (κ2) is 7.61. The van der Waals surface area contributed by atoms with Gasteiger partial charge in [0.2, 0.25) is 0 Å². The van der Waals surface area contributed by atoms with Gasteiger partial charge >= 0.3 is 5.97 Å². The minimum Gasteiger partial charge on any atom is -0.465 e. The van der Waals surface area contributed by atoms with Gasteiger partial charge in [-0.2, -0.15) is 0 Å². The molecule has 6 heteroatoms. The van der Waals surface area contributed by atoms with E-state index < -0.39 is 5.97 Å². The van der Waals surface area contributed by atoms with Crippen molar-refractivity contribution in [2.45, 2.75) is 13.5 Å². The number of imidazole rings is 1. The van der Waals surface area contributed by atoms with E-state index in [1.54, 1.807) is 17.5 Å². The molecule has 0 atom stereocenters. The molecule has 0 unspecified atom stereocenters. The third-order valence-electron chi connectivity index (χ3n) is 3.71. The summed E-state index contributed by atoms with van der Waals surface area (Å²) >= 11 is 0. The van der Waals surface area contributed by atoms with Crippen molar-refractivity contribution >= 4 is 17.5 Å². The minimum atomic E-state index is -0.435. The van der Waals surface area contributed by atoms with E-state index in [0.29, 0.717) is 17.9 Å². The third-order valence-corrected chi connectivity index (χ3v) is 3.71. The number of amides is 1. The molecule has 25 heavy (non-hydrogen) atoms. The second-order valence-corrected chi connectivity index (χ2v) is 5.54. The number of hydrogen-bond acceptors (Lipinski definition) is 4. The summed E-state index contributed by atoms with van der Waals surface area (Å²) < 4.78 is 6.77. The summed E-state index contributed by atoms with van der Waals surface area (Å²) in [5.74, 6) is -0.740. The first-order chi connectivity index (χ1) is 12.2. The van der Waals surface area contributed by atoms with E-state index in [2.05, 4.69) is 4.98 Å². The summed E-state index contributed by atoms with van der Waals surface area (Å²) in [6.07, 6.45) is 3.49. The molecule has 6 nitrogen and oxygen atoms in total. The molecule has 0 N–H and O–H groups in total. The van der Waals surface area contributed by atoms with Crippen LogP contribution in [0.1, 0.15) is 23.0 Å². The van der Waals surface area contributed by atoms with Crippen LogP contribution in [-0.4, -0.2) is 39.3 Å². The first-order valence-electron chi connectivity index (χ1n) is 8.10. The quantitative estimate of drug-likeness (QED) is 0.649. The molecule has 0 aliphatic rings. The highest BCUT2D eigenvalue weighted by Crippen LogP contribution is 2.11. The van der Waals surface area contributed by atoms with Gasteiger partial charge in [-0.05, 0) is 24.6 Å². The Morgan fingerprint density at radius 2 is 1.88 bits per heavy atom. The second-order valence-electron chi connectivity index (χ2n) is 5.54. The number of hydrogen-bond donors (Lipinski definition) is 0. The van der Waals surface area contributed by atoms with Crippen LogP contribution in [0.15, 0.2) is 60.9 Å². The molecule has 1 amide bonds. The van der Waals surface area contributed by atoms with Gasteiger partial charge in [-0.3, -0.25) is 9.59 Å². The van der Waals surface area contributed by atoms with Gasteiger partial charge in [0.25, 0.3) is 5.91 Å². The summed E-state index contributed by atoms with van der Waals surface area (Å²) in [6.45, 7) is 2.21. The maximum atomic E-state index is 12.9. The molecule has 0 fully saturated rings. The zero-order chi connectivity index (χ0) is 17.6. The molecule has 2 heterocycles. The predicted octanol–water partition coefficient (Wildman–Crippen LogP) is 2.54. The van der Waals surface area contributed by atoms with Gasteiger partial charge in [-0.25, -0.2) is 4.98 Å². The number of ether oxygens (including phenoxy) is 1. The first-order valence-corrected chi connectivity index (χ1v) is 8.10. The molecule has 0 radical (unpaired) electrons. The first kappa shape index (κ1) is 16.7. The fraction of sp³-hybridized carbons (Fsp3) is 0.211. The van der Waals surface area contributed by atoms with Crippen LogP contribution in [0.4, 0.5) is 0 Å². The van der Waals surface area contributed by atoms with E-state index in [9.17, 15) is 9.59 Å². The highest BCUT2D eigenvalue weighted by molar-refractivity contribution is 5.94. The minimum absolute atomic E-state index is 0.116. The number of pyridine rings is 1. The third kappa shape index (κ3) is 4.03. The monoisotopic (exact) mass is 337 g/mol. The van der Waals surface area contributed by atoms with Gasteiger partial charge in [-0.15, -0.1) is 0 Å². The molecule has 0 bridgehead atoms. The molecule has 0 aliphatic carbocycles. The zero-order valence-corrected chi connectivity index (χ0v) is 14.0. The summed E-state index contributed by atoms with van der Waals surface area (Å²) in [5.41, 5.74) is 1.91. The molecule has 128 valence electrons. The summed E-state index contributed by atoms with van der Waals surface area (Å²) in [4.78, 5) is 30.6. The summed E-state index contributed by atoms with van der Waals surface area (Å²) in [7, 11) is 0. The Balaban J connectivity index is 1.86.